The summed E-state index contributed by atoms with van der Waals surface area (Å²) in [5.74, 6) is -0.864. The van der Waals surface area contributed by atoms with E-state index in [1.54, 1.807) is 6.92 Å². The standard InChI is InChI=1S/C12H11FN4OS/c1-6-9(5-15-17-6)12(18)16-7-2-3-10(13)8(4-7)11(14)19/h2-5H,1H3,(H2,14,19)(H,15,17)(H,16,18). The Kier molecular flexibility index (Phi) is 3.57. The number of benzene rings is 1. The number of carbonyl (C=O) groups excluding carboxylic acids is 1. The summed E-state index contributed by atoms with van der Waals surface area (Å²) in [5.41, 5.74) is 6.97. The van der Waals surface area contributed by atoms with Gasteiger partial charge in [-0.15, -0.1) is 0 Å². The number of aromatic nitrogens is 2. The van der Waals surface area contributed by atoms with Crippen molar-refractivity contribution in [2.75, 3.05) is 5.32 Å². The number of amides is 1. The Labute approximate surface area is 114 Å². The summed E-state index contributed by atoms with van der Waals surface area (Å²) in [5, 5.41) is 9.05. The zero-order valence-corrected chi connectivity index (χ0v) is 10.8. The first-order chi connectivity index (χ1) is 8.99. The molecule has 0 saturated carbocycles. The Bertz CT molecular complexity index is 653. The van der Waals surface area contributed by atoms with Crippen LogP contribution in [0.2, 0.25) is 0 Å². The minimum atomic E-state index is -0.523. The van der Waals surface area contributed by atoms with Crippen LogP contribution in [0.4, 0.5) is 10.1 Å². The third kappa shape index (κ3) is 2.76. The number of thiocarbonyl (C=S) groups is 1. The second-order valence-corrected chi connectivity index (χ2v) is 4.36. The van der Waals surface area contributed by atoms with E-state index in [2.05, 4.69) is 15.5 Å². The first-order valence-electron chi connectivity index (χ1n) is 5.39. The van der Waals surface area contributed by atoms with Crippen molar-refractivity contribution in [2.24, 2.45) is 5.73 Å². The number of aryl methyl sites for hydroxylation is 1. The van der Waals surface area contributed by atoms with Gasteiger partial charge >= 0.3 is 0 Å². The largest absolute Gasteiger partial charge is 0.389 e. The fraction of sp³-hybridized carbons (Fsp3) is 0.0833. The molecule has 7 heteroatoms. The highest BCUT2D eigenvalue weighted by atomic mass is 32.1. The molecule has 2 aromatic rings. The number of carbonyl (C=O) groups is 1. The first-order valence-corrected chi connectivity index (χ1v) is 5.80. The topological polar surface area (TPSA) is 83.8 Å². The molecule has 1 amide bonds. The van der Waals surface area contributed by atoms with Crippen molar-refractivity contribution in [3.63, 3.8) is 0 Å². The predicted octanol–water partition coefficient (Wildman–Crippen LogP) is 1.74. The molecule has 5 nitrogen and oxygen atoms in total. The van der Waals surface area contributed by atoms with Gasteiger partial charge < -0.3 is 11.1 Å². The molecule has 0 spiro atoms. The van der Waals surface area contributed by atoms with E-state index in [1.807, 2.05) is 0 Å². The molecule has 0 radical (unpaired) electrons. The van der Waals surface area contributed by atoms with Gasteiger partial charge in [0.2, 0.25) is 0 Å². The number of halogens is 1. The summed E-state index contributed by atoms with van der Waals surface area (Å²) < 4.78 is 13.4. The minimum absolute atomic E-state index is 0.0620. The summed E-state index contributed by atoms with van der Waals surface area (Å²) in [7, 11) is 0. The first kappa shape index (κ1) is 13.2. The molecule has 0 saturated heterocycles. The second kappa shape index (κ2) is 5.15. The van der Waals surface area contributed by atoms with Crippen molar-refractivity contribution in [2.45, 2.75) is 6.92 Å². The summed E-state index contributed by atoms with van der Waals surface area (Å²) in [6.07, 6.45) is 1.42. The molecule has 0 aliphatic heterocycles. The molecule has 0 fully saturated rings. The van der Waals surface area contributed by atoms with Crippen molar-refractivity contribution in [1.82, 2.24) is 10.2 Å². The Balaban J connectivity index is 2.25. The van der Waals surface area contributed by atoms with Gasteiger partial charge in [0, 0.05) is 16.9 Å². The third-order valence-electron chi connectivity index (χ3n) is 2.56. The number of aromatic amines is 1. The van der Waals surface area contributed by atoms with E-state index < -0.39 is 5.82 Å². The van der Waals surface area contributed by atoms with Crippen molar-refractivity contribution in [1.29, 1.82) is 0 Å². The van der Waals surface area contributed by atoms with E-state index in [4.69, 9.17) is 18.0 Å². The molecule has 0 aliphatic carbocycles. The van der Waals surface area contributed by atoms with Crippen molar-refractivity contribution in [3.8, 4) is 0 Å². The highest BCUT2D eigenvalue weighted by molar-refractivity contribution is 7.80. The van der Waals surface area contributed by atoms with Gasteiger partial charge in [0.05, 0.1) is 11.8 Å². The number of H-pyrrole nitrogens is 1. The maximum atomic E-state index is 13.4. The predicted molar refractivity (Wildman–Crippen MR) is 73.6 cm³/mol. The molecular weight excluding hydrogens is 267 g/mol. The SMILES string of the molecule is Cc1[nH]ncc1C(=O)Nc1ccc(F)c(C(N)=S)c1. The molecule has 1 aromatic heterocycles. The van der Waals surface area contributed by atoms with Gasteiger partial charge in [-0.05, 0) is 25.1 Å². The van der Waals surface area contributed by atoms with Crippen molar-refractivity contribution in [3.05, 3.63) is 47.0 Å². The zero-order valence-electron chi connectivity index (χ0n) is 10.0. The Morgan fingerprint density at radius 3 is 2.79 bits per heavy atom. The van der Waals surface area contributed by atoms with E-state index in [-0.39, 0.29) is 16.5 Å². The number of nitrogens with zero attached hydrogens (tertiary/aromatic N) is 1. The number of nitrogens with one attached hydrogen (secondary N) is 2. The van der Waals surface area contributed by atoms with Gasteiger partial charge in [0.15, 0.2) is 0 Å². The van der Waals surface area contributed by atoms with Crippen LogP contribution in [0.3, 0.4) is 0 Å². The molecule has 0 unspecified atom stereocenters. The minimum Gasteiger partial charge on any atom is -0.389 e. The Morgan fingerprint density at radius 2 is 2.21 bits per heavy atom. The fourth-order valence-electron chi connectivity index (χ4n) is 1.57. The summed E-state index contributed by atoms with van der Waals surface area (Å²) in [6, 6.07) is 4.03. The van der Waals surface area contributed by atoms with Gasteiger partial charge in [-0.1, -0.05) is 12.2 Å². The quantitative estimate of drug-likeness (QED) is 0.747. The van der Waals surface area contributed by atoms with Crippen LogP contribution in [0.25, 0.3) is 0 Å². The number of hydrogen-bond donors (Lipinski definition) is 3. The van der Waals surface area contributed by atoms with Crippen LogP contribution in [-0.2, 0) is 0 Å². The summed E-state index contributed by atoms with van der Waals surface area (Å²) in [6.45, 7) is 1.73. The molecule has 19 heavy (non-hydrogen) atoms. The second-order valence-electron chi connectivity index (χ2n) is 3.92. The Hall–Kier alpha value is -2.28. The van der Waals surface area contributed by atoms with Gasteiger partial charge in [-0.3, -0.25) is 9.89 Å². The van der Waals surface area contributed by atoms with E-state index in [9.17, 15) is 9.18 Å². The van der Waals surface area contributed by atoms with E-state index in [1.165, 1.54) is 24.4 Å². The highest BCUT2D eigenvalue weighted by Crippen LogP contribution is 2.16. The normalized spacial score (nSPS) is 10.2. The fourth-order valence-corrected chi connectivity index (χ4v) is 1.73. The van der Waals surface area contributed by atoms with Crippen LogP contribution in [0.15, 0.2) is 24.4 Å². The molecule has 4 N–H and O–H groups in total. The van der Waals surface area contributed by atoms with Crippen molar-refractivity contribution >= 4 is 28.8 Å². The van der Waals surface area contributed by atoms with E-state index >= 15 is 0 Å². The number of anilines is 1. The van der Waals surface area contributed by atoms with E-state index in [0.29, 0.717) is 16.9 Å². The van der Waals surface area contributed by atoms with Crippen LogP contribution >= 0.6 is 12.2 Å². The molecule has 1 heterocycles. The third-order valence-corrected chi connectivity index (χ3v) is 2.78. The molecule has 2 rings (SSSR count). The van der Waals surface area contributed by atoms with Gasteiger partial charge in [-0.25, -0.2) is 4.39 Å². The lowest BCUT2D eigenvalue weighted by Crippen LogP contribution is -2.15. The van der Waals surface area contributed by atoms with Crippen LogP contribution in [0.5, 0.6) is 0 Å². The van der Waals surface area contributed by atoms with Gasteiger partial charge in [-0.2, -0.15) is 5.10 Å². The summed E-state index contributed by atoms with van der Waals surface area (Å²) >= 11 is 4.73. The monoisotopic (exact) mass is 278 g/mol. The molecule has 0 atom stereocenters. The molecule has 0 aliphatic rings. The van der Waals surface area contributed by atoms with Crippen LogP contribution in [-0.4, -0.2) is 21.1 Å². The van der Waals surface area contributed by atoms with Gasteiger partial charge in [0.1, 0.15) is 10.8 Å². The lowest BCUT2D eigenvalue weighted by molar-refractivity contribution is 0.102. The molecule has 98 valence electrons. The lowest BCUT2D eigenvalue weighted by atomic mass is 10.1. The highest BCUT2D eigenvalue weighted by Gasteiger charge is 2.12. The lowest BCUT2D eigenvalue weighted by Gasteiger charge is -2.07. The maximum absolute atomic E-state index is 13.4. The molecular formula is C12H11FN4OS. The number of nitrogens with two attached hydrogens (primary N) is 1. The van der Waals surface area contributed by atoms with E-state index in [0.717, 1.165) is 0 Å². The smallest absolute Gasteiger partial charge is 0.259 e. The molecule has 1 aromatic carbocycles. The summed E-state index contributed by atoms with van der Waals surface area (Å²) in [4.78, 5) is 11.9. The number of rotatable bonds is 3. The number of hydrogen-bond acceptors (Lipinski definition) is 3. The van der Waals surface area contributed by atoms with Crippen LogP contribution in [0.1, 0.15) is 21.6 Å². The van der Waals surface area contributed by atoms with Crippen LogP contribution in [0, 0.1) is 12.7 Å². The van der Waals surface area contributed by atoms with Gasteiger partial charge in [0.25, 0.3) is 5.91 Å². The Morgan fingerprint density at radius 1 is 1.47 bits per heavy atom. The van der Waals surface area contributed by atoms with Crippen LogP contribution < -0.4 is 11.1 Å². The average molecular weight is 278 g/mol. The zero-order chi connectivity index (χ0) is 14.0. The molecule has 0 bridgehead atoms. The average Bonchev–Trinajstić information content (AvgIpc) is 2.77. The van der Waals surface area contributed by atoms with Crippen molar-refractivity contribution < 1.29 is 9.18 Å². The maximum Gasteiger partial charge on any atom is 0.259 e.